The summed E-state index contributed by atoms with van der Waals surface area (Å²) in [6, 6.07) is 12.1. The van der Waals surface area contributed by atoms with Crippen LogP contribution in [0, 0.1) is 0 Å². The Balaban J connectivity index is 1.48. The zero-order valence-corrected chi connectivity index (χ0v) is 18.1. The molecule has 2 aromatic rings. The molecular formula is C23H34N4O3. The highest BCUT2D eigenvalue weighted by atomic mass is 16.5. The number of benzene rings is 1. The summed E-state index contributed by atoms with van der Waals surface area (Å²) in [5, 5.41) is 6.68. The van der Waals surface area contributed by atoms with E-state index >= 15 is 0 Å². The highest BCUT2D eigenvalue weighted by Gasteiger charge is 2.25. The van der Waals surface area contributed by atoms with Gasteiger partial charge in [-0.2, -0.15) is 0 Å². The Morgan fingerprint density at radius 3 is 2.73 bits per heavy atom. The van der Waals surface area contributed by atoms with Crippen LogP contribution in [0.3, 0.4) is 0 Å². The molecular weight excluding hydrogens is 380 g/mol. The van der Waals surface area contributed by atoms with E-state index in [0.29, 0.717) is 26.3 Å². The fourth-order valence-electron chi connectivity index (χ4n) is 3.68. The maximum Gasteiger partial charge on any atom is 0.191 e. The minimum atomic E-state index is 0.180. The van der Waals surface area contributed by atoms with Crippen molar-refractivity contribution in [3.05, 3.63) is 54.0 Å². The summed E-state index contributed by atoms with van der Waals surface area (Å²) in [5.41, 5.74) is 1.05. The Morgan fingerprint density at radius 2 is 2.00 bits per heavy atom. The van der Waals surface area contributed by atoms with E-state index in [1.54, 1.807) is 13.4 Å². The van der Waals surface area contributed by atoms with Crippen LogP contribution < -0.4 is 15.4 Å². The van der Waals surface area contributed by atoms with Gasteiger partial charge in [0.1, 0.15) is 11.5 Å². The van der Waals surface area contributed by atoms with E-state index in [1.165, 1.54) is 12.8 Å². The number of para-hydroxylation sites is 1. The molecule has 1 atom stereocenters. The van der Waals surface area contributed by atoms with Gasteiger partial charge in [0.15, 0.2) is 5.96 Å². The van der Waals surface area contributed by atoms with Crippen molar-refractivity contribution in [3.8, 4) is 5.75 Å². The monoisotopic (exact) mass is 414 g/mol. The largest absolute Gasteiger partial charge is 0.496 e. The highest BCUT2D eigenvalue weighted by molar-refractivity contribution is 5.79. The van der Waals surface area contributed by atoms with Crippen molar-refractivity contribution >= 4 is 5.96 Å². The van der Waals surface area contributed by atoms with Crippen LogP contribution >= 0.6 is 0 Å². The summed E-state index contributed by atoms with van der Waals surface area (Å²) in [6.07, 6.45) is 4.22. The Hall–Kier alpha value is -2.51. The van der Waals surface area contributed by atoms with Gasteiger partial charge in [-0.25, -0.2) is 0 Å². The molecule has 2 N–H and O–H groups in total. The lowest BCUT2D eigenvalue weighted by molar-refractivity contribution is 0.123. The average molecular weight is 415 g/mol. The summed E-state index contributed by atoms with van der Waals surface area (Å²) >= 11 is 0. The second-order valence-corrected chi connectivity index (χ2v) is 7.29. The summed E-state index contributed by atoms with van der Waals surface area (Å²) in [6.45, 7) is 7.51. The number of furan rings is 1. The van der Waals surface area contributed by atoms with Gasteiger partial charge in [0, 0.05) is 18.7 Å². The van der Waals surface area contributed by atoms with Crippen molar-refractivity contribution in [2.24, 2.45) is 4.99 Å². The smallest absolute Gasteiger partial charge is 0.191 e. The predicted molar refractivity (Wildman–Crippen MR) is 119 cm³/mol. The first-order valence-electron chi connectivity index (χ1n) is 10.8. The molecule has 1 saturated heterocycles. The molecule has 0 saturated carbocycles. The van der Waals surface area contributed by atoms with Gasteiger partial charge in [-0.15, -0.1) is 0 Å². The fourth-order valence-corrected chi connectivity index (χ4v) is 3.68. The van der Waals surface area contributed by atoms with E-state index in [4.69, 9.17) is 18.9 Å². The van der Waals surface area contributed by atoms with Crippen molar-refractivity contribution < 1.29 is 13.9 Å². The van der Waals surface area contributed by atoms with Crippen LogP contribution in [0.15, 0.2) is 52.1 Å². The molecule has 0 aliphatic carbocycles. The third kappa shape index (κ3) is 6.50. The molecule has 1 aliphatic heterocycles. The van der Waals surface area contributed by atoms with Gasteiger partial charge in [0.25, 0.3) is 0 Å². The number of guanidine groups is 1. The summed E-state index contributed by atoms with van der Waals surface area (Å²) < 4.78 is 16.9. The molecule has 1 aromatic carbocycles. The van der Waals surface area contributed by atoms with Crippen molar-refractivity contribution in [2.75, 3.05) is 46.4 Å². The number of hydrogen-bond donors (Lipinski definition) is 2. The Morgan fingerprint density at radius 1 is 1.17 bits per heavy atom. The van der Waals surface area contributed by atoms with Crippen molar-refractivity contribution in [1.29, 1.82) is 0 Å². The van der Waals surface area contributed by atoms with Crippen LogP contribution in [0.5, 0.6) is 5.75 Å². The van der Waals surface area contributed by atoms with Gasteiger partial charge in [0.05, 0.1) is 39.2 Å². The molecule has 0 radical (unpaired) electrons. The normalized spacial score (nSPS) is 15.9. The third-order valence-corrected chi connectivity index (χ3v) is 5.21. The molecule has 2 heterocycles. The Labute approximate surface area is 179 Å². The first-order valence-corrected chi connectivity index (χ1v) is 10.8. The number of likely N-dealkylation sites (tertiary alicyclic amines) is 1. The number of methoxy groups -OCH3 is 1. The lowest BCUT2D eigenvalue weighted by atomic mass is 10.2. The molecule has 0 bridgehead atoms. The zero-order chi connectivity index (χ0) is 21.0. The molecule has 7 heteroatoms. The SMILES string of the molecule is CCNC(=NCC(c1ccco1)N1CCCC1)NCCOCc1ccccc1OC. The predicted octanol–water partition coefficient (Wildman–Crippen LogP) is 3.20. The van der Waals surface area contributed by atoms with E-state index in [-0.39, 0.29) is 6.04 Å². The molecule has 1 aromatic heterocycles. The van der Waals surface area contributed by atoms with E-state index in [0.717, 1.165) is 42.7 Å². The summed E-state index contributed by atoms with van der Waals surface area (Å²) in [4.78, 5) is 7.28. The molecule has 1 unspecified atom stereocenters. The molecule has 0 spiro atoms. The molecule has 0 amide bonds. The van der Waals surface area contributed by atoms with E-state index in [1.807, 2.05) is 36.4 Å². The van der Waals surface area contributed by atoms with Crippen LogP contribution in [0.1, 0.15) is 37.1 Å². The molecule has 1 aliphatic rings. The Kier molecular flexibility index (Phi) is 9.05. The number of ether oxygens (including phenoxy) is 2. The van der Waals surface area contributed by atoms with Crippen molar-refractivity contribution in [3.63, 3.8) is 0 Å². The number of nitrogens with zero attached hydrogens (tertiary/aromatic N) is 2. The van der Waals surface area contributed by atoms with Crippen LogP contribution in [-0.4, -0.2) is 57.3 Å². The number of nitrogens with one attached hydrogen (secondary N) is 2. The second kappa shape index (κ2) is 12.2. The average Bonchev–Trinajstić information content (AvgIpc) is 3.49. The minimum absolute atomic E-state index is 0.180. The molecule has 1 fully saturated rings. The lowest BCUT2D eigenvalue weighted by Crippen LogP contribution is -2.39. The van der Waals surface area contributed by atoms with Crippen LogP contribution in [0.2, 0.25) is 0 Å². The standard InChI is InChI=1S/C23H34N4O3/c1-3-24-23(25-12-16-29-18-19-9-4-5-10-21(19)28-2)26-17-20(22-11-8-15-30-22)27-13-6-7-14-27/h4-5,8-11,15,20H,3,6-7,12-14,16-18H2,1-2H3,(H2,24,25,26). The van der Waals surface area contributed by atoms with Gasteiger partial charge in [0.2, 0.25) is 0 Å². The molecule has 164 valence electrons. The quantitative estimate of drug-likeness (QED) is 0.334. The summed E-state index contributed by atoms with van der Waals surface area (Å²) in [5.74, 6) is 2.64. The van der Waals surface area contributed by atoms with Gasteiger partial charge in [-0.1, -0.05) is 18.2 Å². The number of rotatable bonds is 11. The second-order valence-electron chi connectivity index (χ2n) is 7.29. The van der Waals surface area contributed by atoms with Gasteiger partial charge in [-0.05, 0) is 51.1 Å². The molecule has 30 heavy (non-hydrogen) atoms. The topological polar surface area (TPSA) is 71.3 Å². The molecule has 3 rings (SSSR count). The minimum Gasteiger partial charge on any atom is -0.496 e. The third-order valence-electron chi connectivity index (χ3n) is 5.21. The van der Waals surface area contributed by atoms with E-state index in [9.17, 15) is 0 Å². The number of hydrogen-bond acceptors (Lipinski definition) is 5. The number of aliphatic imine (C=N–C) groups is 1. The summed E-state index contributed by atoms with van der Waals surface area (Å²) in [7, 11) is 1.68. The molecule has 7 nitrogen and oxygen atoms in total. The van der Waals surface area contributed by atoms with Crippen molar-refractivity contribution in [2.45, 2.75) is 32.4 Å². The first-order chi connectivity index (χ1) is 14.8. The van der Waals surface area contributed by atoms with Crippen molar-refractivity contribution in [1.82, 2.24) is 15.5 Å². The fraction of sp³-hybridized carbons (Fsp3) is 0.522. The van der Waals surface area contributed by atoms with Crippen LogP contribution in [0.25, 0.3) is 0 Å². The highest BCUT2D eigenvalue weighted by Crippen LogP contribution is 2.25. The lowest BCUT2D eigenvalue weighted by Gasteiger charge is -2.24. The van der Waals surface area contributed by atoms with Gasteiger partial charge < -0.3 is 24.5 Å². The first kappa shape index (κ1) is 22.2. The maximum absolute atomic E-state index is 5.81. The van der Waals surface area contributed by atoms with Gasteiger partial charge in [-0.3, -0.25) is 9.89 Å². The van der Waals surface area contributed by atoms with Crippen LogP contribution in [0.4, 0.5) is 0 Å². The Bertz CT molecular complexity index is 758. The van der Waals surface area contributed by atoms with Gasteiger partial charge >= 0.3 is 0 Å². The van der Waals surface area contributed by atoms with Crippen LogP contribution in [-0.2, 0) is 11.3 Å². The zero-order valence-electron chi connectivity index (χ0n) is 18.1. The van der Waals surface area contributed by atoms with E-state index in [2.05, 4.69) is 22.5 Å². The maximum atomic E-state index is 5.81. The van der Waals surface area contributed by atoms with E-state index < -0.39 is 0 Å².